The van der Waals surface area contributed by atoms with Gasteiger partial charge in [-0.25, -0.2) is 4.79 Å². The lowest BCUT2D eigenvalue weighted by molar-refractivity contribution is 0.0486. The number of rotatable bonds is 7. The van der Waals surface area contributed by atoms with Crippen LogP contribution in [0.1, 0.15) is 33.6 Å². The van der Waals surface area contributed by atoms with Gasteiger partial charge in [-0.15, -0.1) is 0 Å². The van der Waals surface area contributed by atoms with Crippen LogP contribution in [0, 0.1) is 11.3 Å². The van der Waals surface area contributed by atoms with E-state index in [4.69, 9.17) is 10.00 Å². The van der Waals surface area contributed by atoms with Crippen molar-refractivity contribution in [1.82, 2.24) is 9.30 Å². The Kier molecular flexibility index (Phi) is 5.53. The summed E-state index contributed by atoms with van der Waals surface area (Å²) in [5.74, 6) is -0.460. The lowest BCUT2D eigenvalue weighted by atomic mass is 10.0. The van der Waals surface area contributed by atoms with Gasteiger partial charge >= 0.3 is 5.97 Å². The number of hydrogen-bond donors (Lipinski definition) is 0. The van der Waals surface area contributed by atoms with E-state index in [0.29, 0.717) is 24.3 Å². The lowest BCUT2D eigenvalue weighted by Gasteiger charge is -2.09. The molecule has 3 rings (SSSR count). The third-order valence-corrected chi connectivity index (χ3v) is 4.40. The topological polar surface area (TPSA) is 74.8 Å². The summed E-state index contributed by atoms with van der Waals surface area (Å²) in [5.41, 5.74) is 2.55. The van der Waals surface area contributed by atoms with Crippen molar-refractivity contribution in [3.63, 3.8) is 0 Å². The van der Waals surface area contributed by atoms with Crippen molar-refractivity contribution < 1.29 is 14.3 Å². The molecule has 27 heavy (non-hydrogen) atoms. The average Bonchev–Trinajstić information content (AvgIpc) is 2.99. The van der Waals surface area contributed by atoms with Gasteiger partial charge in [0.05, 0.1) is 22.7 Å². The normalized spacial score (nSPS) is 11.0. The zero-order valence-electron chi connectivity index (χ0n) is 15.4. The van der Waals surface area contributed by atoms with Crippen LogP contribution in [-0.2, 0) is 4.74 Å². The number of nitrogens with zero attached hydrogens (tertiary/aromatic N) is 3. The predicted molar refractivity (Wildman–Crippen MR) is 103 cm³/mol. The van der Waals surface area contributed by atoms with Crippen LogP contribution in [0.15, 0.2) is 42.6 Å². The van der Waals surface area contributed by atoms with E-state index in [0.717, 1.165) is 16.4 Å². The van der Waals surface area contributed by atoms with Gasteiger partial charge < -0.3 is 14.0 Å². The van der Waals surface area contributed by atoms with E-state index < -0.39 is 0 Å². The standard InChI is InChI=1S/C21H21N3O3/c1-23(2)12-13-27-21(26)20-16-9-8-15(19(25)7-5-10-22)14-18(16)24-11-4-3-6-17(20)24/h3-4,6,8-9,11,14H,5,7,12-13H2,1-2H3. The number of Topliss-reactive ketones (excluding diaryl/α,β-unsaturated/α-hetero) is 1. The third-order valence-electron chi connectivity index (χ3n) is 4.40. The largest absolute Gasteiger partial charge is 0.461 e. The van der Waals surface area contributed by atoms with E-state index >= 15 is 0 Å². The molecule has 0 aliphatic rings. The fourth-order valence-corrected chi connectivity index (χ4v) is 3.03. The first-order chi connectivity index (χ1) is 13.0. The van der Waals surface area contributed by atoms with Crippen molar-refractivity contribution in [2.75, 3.05) is 27.2 Å². The molecular formula is C21H21N3O3. The maximum atomic E-state index is 12.7. The number of nitriles is 1. The minimum atomic E-state index is -0.376. The Labute approximate surface area is 157 Å². The molecule has 0 aliphatic carbocycles. The molecule has 0 saturated heterocycles. The molecule has 0 N–H and O–H groups in total. The van der Waals surface area contributed by atoms with Crippen LogP contribution >= 0.6 is 0 Å². The fraction of sp³-hybridized carbons (Fsp3) is 0.286. The molecular weight excluding hydrogens is 342 g/mol. The zero-order valence-corrected chi connectivity index (χ0v) is 15.4. The van der Waals surface area contributed by atoms with E-state index in [2.05, 4.69) is 0 Å². The second-order valence-electron chi connectivity index (χ2n) is 6.58. The van der Waals surface area contributed by atoms with Crippen molar-refractivity contribution in [2.24, 2.45) is 0 Å². The monoisotopic (exact) mass is 363 g/mol. The number of hydrogen-bond acceptors (Lipinski definition) is 5. The molecule has 3 aromatic rings. The summed E-state index contributed by atoms with van der Waals surface area (Å²) in [6, 6.07) is 12.9. The van der Waals surface area contributed by atoms with E-state index in [-0.39, 0.29) is 24.6 Å². The van der Waals surface area contributed by atoms with E-state index in [1.165, 1.54) is 0 Å². The van der Waals surface area contributed by atoms with Crippen LogP contribution in [0.4, 0.5) is 0 Å². The van der Waals surface area contributed by atoms with Crippen LogP contribution < -0.4 is 0 Å². The number of ether oxygens (including phenoxy) is 1. The number of likely N-dealkylation sites (N-methyl/N-ethyl adjacent to an activating group) is 1. The molecule has 2 heterocycles. The number of ketones is 1. The van der Waals surface area contributed by atoms with Gasteiger partial charge in [-0.1, -0.05) is 18.2 Å². The van der Waals surface area contributed by atoms with Crippen molar-refractivity contribution in [3.8, 4) is 6.07 Å². The van der Waals surface area contributed by atoms with Gasteiger partial charge in [-0.3, -0.25) is 4.79 Å². The molecule has 2 aromatic heterocycles. The van der Waals surface area contributed by atoms with Gasteiger partial charge in [-0.05, 0) is 32.3 Å². The number of fused-ring (bicyclic) bond motifs is 3. The minimum Gasteiger partial charge on any atom is -0.461 e. The molecule has 0 unspecified atom stereocenters. The van der Waals surface area contributed by atoms with Crippen LogP contribution in [0.2, 0.25) is 0 Å². The highest BCUT2D eigenvalue weighted by atomic mass is 16.5. The number of carbonyl (C=O) groups excluding carboxylic acids is 2. The minimum absolute atomic E-state index is 0.0839. The molecule has 6 heteroatoms. The molecule has 6 nitrogen and oxygen atoms in total. The van der Waals surface area contributed by atoms with Crippen LogP contribution in [0.3, 0.4) is 0 Å². The predicted octanol–water partition coefficient (Wildman–Crippen LogP) is 3.30. The quantitative estimate of drug-likeness (QED) is 0.476. The Balaban J connectivity index is 2.04. The van der Waals surface area contributed by atoms with Crippen molar-refractivity contribution in [3.05, 3.63) is 53.7 Å². The molecule has 0 bridgehead atoms. The van der Waals surface area contributed by atoms with E-state index in [9.17, 15) is 9.59 Å². The Morgan fingerprint density at radius 2 is 2.00 bits per heavy atom. The summed E-state index contributed by atoms with van der Waals surface area (Å²) in [7, 11) is 3.84. The number of carbonyl (C=O) groups is 2. The zero-order chi connectivity index (χ0) is 19.4. The van der Waals surface area contributed by atoms with Crippen molar-refractivity contribution in [2.45, 2.75) is 12.8 Å². The second kappa shape index (κ2) is 8.02. The molecule has 0 aliphatic heterocycles. The van der Waals surface area contributed by atoms with E-state index in [1.807, 2.05) is 53.9 Å². The number of benzene rings is 1. The highest BCUT2D eigenvalue weighted by molar-refractivity contribution is 6.13. The van der Waals surface area contributed by atoms with Gasteiger partial charge in [0.15, 0.2) is 5.78 Å². The summed E-state index contributed by atoms with van der Waals surface area (Å²) >= 11 is 0. The Bertz CT molecular complexity index is 1040. The summed E-state index contributed by atoms with van der Waals surface area (Å²) in [4.78, 5) is 26.9. The molecule has 1 aromatic carbocycles. The highest BCUT2D eigenvalue weighted by Crippen LogP contribution is 2.28. The first kappa shape index (κ1) is 18.6. The van der Waals surface area contributed by atoms with Crippen LogP contribution in [0.5, 0.6) is 0 Å². The summed E-state index contributed by atoms with van der Waals surface area (Å²) in [6.07, 6.45) is 2.23. The Hall–Kier alpha value is -3.17. The highest BCUT2D eigenvalue weighted by Gasteiger charge is 2.20. The molecule has 0 amide bonds. The maximum Gasteiger partial charge on any atom is 0.341 e. The molecule has 0 radical (unpaired) electrons. The first-order valence-electron chi connectivity index (χ1n) is 8.77. The summed E-state index contributed by atoms with van der Waals surface area (Å²) < 4.78 is 7.34. The third kappa shape index (κ3) is 3.83. The summed E-state index contributed by atoms with van der Waals surface area (Å²) in [6.45, 7) is 0.954. The average molecular weight is 363 g/mol. The van der Waals surface area contributed by atoms with E-state index in [1.54, 1.807) is 18.2 Å². The first-order valence-corrected chi connectivity index (χ1v) is 8.77. The fourth-order valence-electron chi connectivity index (χ4n) is 3.03. The molecule has 0 spiro atoms. The van der Waals surface area contributed by atoms with Gasteiger partial charge in [0.25, 0.3) is 0 Å². The maximum absolute atomic E-state index is 12.7. The lowest BCUT2D eigenvalue weighted by Crippen LogP contribution is -2.20. The van der Waals surface area contributed by atoms with Gasteiger partial charge in [0.1, 0.15) is 6.61 Å². The summed E-state index contributed by atoms with van der Waals surface area (Å²) in [5, 5.41) is 9.43. The van der Waals surface area contributed by atoms with Crippen molar-refractivity contribution in [1.29, 1.82) is 5.26 Å². The van der Waals surface area contributed by atoms with Gasteiger partial charge in [0.2, 0.25) is 0 Å². The van der Waals surface area contributed by atoms with Crippen LogP contribution in [-0.4, -0.2) is 48.3 Å². The SMILES string of the molecule is CN(C)CCOC(=O)c1c2ccc(C(=O)CCC#N)cc2n2ccccc12. The second-order valence-corrected chi connectivity index (χ2v) is 6.58. The number of pyridine rings is 1. The number of esters is 1. The smallest absolute Gasteiger partial charge is 0.341 e. The van der Waals surface area contributed by atoms with Gasteiger partial charge in [-0.2, -0.15) is 5.26 Å². The molecule has 138 valence electrons. The molecule has 0 fully saturated rings. The molecule has 0 saturated carbocycles. The molecule has 0 atom stereocenters. The Morgan fingerprint density at radius 3 is 2.74 bits per heavy atom. The Morgan fingerprint density at radius 1 is 1.19 bits per heavy atom. The van der Waals surface area contributed by atoms with Gasteiger partial charge in [0, 0.05) is 36.5 Å². The van der Waals surface area contributed by atoms with Crippen molar-refractivity contribution >= 4 is 28.2 Å². The van der Waals surface area contributed by atoms with Crippen LogP contribution in [0.25, 0.3) is 16.4 Å². The number of aromatic nitrogens is 1.